The molecular formula is C9H12N4O2. The summed E-state index contributed by atoms with van der Waals surface area (Å²) in [4.78, 5) is 26.5. The largest absolute Gasteiger partial charge is 0.325 e. The predicted molar refractivity (Wildman–Crippen MR) is 51.5 cm³/mol. The molecule has 15 heavy (non-hydrogen) atoms. The molecule has 1 atom stereocenters. The van der Waals surface area contributed by atoms with Crippen molar-refractivity contribution in [1.29, 1.82) is 0 Å². The molecule has 3 N–H and O–H groups in total. The number of aromatic nitrogens is 2. The SMILES string of the molecule is NCc1cncn1C1CCC(=O)NC1=O. The number of hydrogen-bond donors (Lipinski definition) is 2. The lowest BCUT2D eigenvalue weighted by molar-refractivity contribution is -0.135. The van der Waals surface area contributed by atoms with Crippen LogP contribution in [0.25, 0.3) is 0 Å². The average molecular weight is 208 g/mol. The van der Waals surface area contributed by atoms with Gasteiger partial charge < -0.3 is 10.3 Å². The molecule has 1 aromatic heterocycles. The van der Waals surface area contributed by atoms with Gasteiger partial charge in [0.25, 0.3) is 0 Å². The first-order chi connectivity index (χ1) is 7.22. The zero-order valence-electron chi connectivity index (χ0n) is 8.14. The number of imide groups is 1. The molecule has 2 amide bonds. The molecule has 1 aliphatic rings. The Morgan fingerprint density at radius 2 is 2.40 bits per heavy atom. The molecule has 0 spiro atoms. The summed E-state index contributed by atoms with van der Waals surface area (Å²) in [5.41, 5.74) is 6.31. The summed E-state index contributed by atoms with van der Waals surface area (Å²) in [5, 5.41) is 2.30. The zero-order chi connectivity index (χ0) is 10.8. The summed E-state index contributed by atoms with van der Waals surface area (Å²) in [6.07, 6.45) is 4.07. The van der Waals surface area contributed by atoms with Crippen LogP contribution in [0.4, 0.5) is 0 Å². The maximum absolute atomic E-state index is 11.5. The van der Waals surface area contributed by atoms with E-state index in [4.69, 9.17) is 5.73 Å². The third-order valence-electron chi connectivity index (χ3n) is 2.50. The van der Waals surface area contributed by atoms with E-state index in [0.29, 0.717) is 19.4 Å². The van der Waals surface area contributed by atoms with Gasteiger partial charge in [-0.2, -0.15) is 0 Å². The first-order valence-electron chi connectivity index (χ1n) is 4.77. The summed E-state index contributed by atoms with van der Waals surface area (Å²) in [7, 11) is 0. The van der Waals surface area contributed by atoms with E-state index < -0.39 is 0 Å². The first kappa shape index (κ1) is 9.85. The molecule has 6 nitrogen and oxygen atoms in total. The second kappa shape index (κ2) is 3.82. The van der Waals surface area contributed by atoms with Gasteiger partial charge in [-0.1, -0.05) is 0 Å². The topological polar surface area (TPSA) is 90.0 Å². The van der Waals surface area contributed by atoms with Gasteiger partial charge in [-0.3, -0.25) is 14.9 Å². The maximum atomic E-state index is 11.5. The monoisotopic (exact) mass is 208 g/mol. The number of amides is 2. The van der Waals surface area contributed by atoms with Gasteiger partial charge >= 0.3 is 0 Å². The molecule has 2 rings (SSSR count). The molecule has 1 saturated heterocycles. The molecule has 6 heteroatoms. The van der Waals surface area contributed by atoms with Crippen LogP contribution in [-0.2, 0) is 16.1 Å². The van der Waals surface area contributed by atoms with Crippen molar-refractivity contribution < 1.29 is 9.59 Å². The number of hydrogen-bond acceptors (Lipinski definition) is 4. The van der Waals surface area contributed by atoms with Crippen molar-refractivity contribution in [2.45, 2.75) is 25.4 Å². The summed E-state index contributed by atoms with van der Waals surface area (Å²) in [6.45, 7) is 0.331. The highest BCUT2D eigenvalue weighted by Crippen LogP contribution is 2.19. The van der Waals surface area contributed by atoms with Gasteiger partial charge in [0.2, 0.25) is 11.8 Å². The van der Waals surface area contributed by atoms with Crippen molar-refractivity contribution in [3.63, 3.8) is 0 Å². The molecule has 0 bridgehead atoms. The second-order valence-electron chi connectivity index (χ2n) is 3.46. The Labute approximate surface area is 86.5 Å². The van der Waals surface area contributed by atoms with Crippen LogP contribution < -0.4 is 11.1 Å². The smallest absolute Gasteiger partial charge is 0.249 e. The van der Waals surface area contributed by atoms with Gasteiger partial charge in [0.05, 0.1) is 12.0 Å². The number of imidazole rings is 1. The van der Waals surface area contributed by atoms with Crippen molar-refractivity contribution in [1.82, 2.24) is 14.9 Å². The van der Waals surface area contributed by atoms with Crippen LogP contribution in [-0.4, -0.2) is 21.4 Å². The van der Waals surface area contributed by atoms with Crippen molar-refractivity contribution in [2.75, 3.05) is 0 Å². The molecule has 0 aliphatic carbocycles. The minimum absolute atomic E-state index is 0.217. The number of carbonyl (C=O) groups excluding carboxylic acids is 2. The van der Waals surface area contributed by atoms with Gasteiger partial charge in [-0.25, -0.2) is 4.98 Å². The zero-order valence-corrected chi connectivity index (χ0v) is 8.14. The van der Waals surface area contributed by atoms with Gasteiger partial charge in [-0.05, 0) is 6.42 Å². The van der Waals surface area contributed by atoms with Crippen LogP contribution in [0.15, 0.2) is 12.5 Å². The molecule has 0 aromatic carbocycles. The Kier molecular flexibility index (Phi) is 2.51. The van der Waals surface area contributed by atoms with Crippen LogP contribution in [0.5, 0.6) is 0 Å². The normalized spacial score (nSPS) is 21.5. The van der Waals surface area contributed by atoms with E-state index >= 15 is 0 Å². The molecule has 1 fully saturated rings. The Hall–Kier alpha value is -1.69. The number of carbonyl (C=O) groups is 2. The molecular weight excluding hydrogens is 196 g/mol. The highest BCUT2D eigenvalue weighted by Gasteiger charge is 2.28. The quantitative estimate of drug-likeness (QED) is 0.630. The van der Waals surface area contributed by atoms with Gasteiger partial charge in [0.1, 0.15) is 6.04 Å². The fraction of sp³-hybridized carbons (Fsp3) is 0.444. The summed E-state index contributed by atoms with van der Waals surface area (Å²) >= 11 is 0. The highest BCUT2D eigenvalue weighted by atomic mass is 16.2. The van der Waals surface area contributed by atoms with Gasteiger partial charge in [0.15, 0.2) is 0 Å². The van der Waals surface area contributed by atoms with Crippen molar-refractivity contribution in [3.05, 3.63) is 18.2 Å². The lowest BCUT2D eigenvalue weighted by Gasteiger charge is -2.23. The standard InChI is InChI=1S/C9H12N4O2/c10-3-6-4-11-5-13(6)7-1-2-8(14)12-9(7)15/h4-5,7H,1-3,10H2,(H,12,14,15). The number of nitrogens with one attached hydrogen (secondary N) is 1. The van der Waals surface area contributed by atoms with E-state index in [9.17, 15) is 9.59 Å². The molecule has 1 aliphatic heterocycles. The van der Waals surface area contributed by atoms with E-state index in [-0.39, 0.29) is 17.9 Å². The van der Waals surface area contributed by atoms with Crippen molar-refractivity contribution >= 4 is 11.8 Å². The van der Waals surface area contributed by atoms with Crippen molar-refractivity contribution in [2.24, 2.45) is 5.73 Å². The number of nitrogens with zero attached hydrogens (tertiary/aromatic N) is 2. The first-order valence-corrected chi connectivity index (χ1v) is 4.77. The number of piperidine rings is 1. The Bertz CT molecular complexity index is 399. The Balaban J connectivity index is 2.24. The fourth-order valence-corrected chi connectivity index (χ4v) is 1.72. The molecule has 2 heterocycles. The molecule has 1 aromatic rings. The van der Waals surface area contributed by atoms with Gasteiger partial charge in [-0.15, -0.1) is 0 Å². The maximum Gasteiger partial charge on any atom is 0.249 e. The lowest BCUT2D eigenvalue weighted by atomic mass is 10.1. The van der Waals surface area contributed by atoms with Crippen LogP contribution in [0, 0.1) is 0 Å². The average Bonchev–Trinajstić information content (AvgIpc) is 2.65. The second-order valence-corrected chi connectivity index (χ2v) is 3.46. The number of nitrogens with two attached hydrogens (primary N) is 1. The van der Waals surface area contributed by atoms with Crippen LogP contribution in [0.3, 0.4) is 0 Å². The Morgan fingerprint density at radius 3 is 3.07 bits per heavy atom. The van der Waals surface area contributed by atoms with Crippen LogP contribution in [0.2, 0.25) is 0 Å². The molecule has 0 radical (unpaired) electrons. The molecule has 80 valence electrons. The fourth-order valence-electron chi connectivity index (χ4n) is 1.72. The minimum Gasteiger partial charge on any atom is -0.325 e. The van der Waals surface area contributed by atoms with E-state index in [1.807, 2.05) is 0 Å². The summed E-state index contributed by atoms with van der Waals surface area (Å²) in [5.74, 6) is -0.496. The summed E-state index contributed by atoms with van der Waals surface area (Å²) in [6, 6.07) is -0.358. The number of rotatable bonds is 2. The third kappa shape index (κ3) is 1.75. The predicted octanol–water partition coefficient (Wildman–Crippen LogP) is -0.681. The van der Waals surface area contributed by atoms with Crippen LogP contribution >= 0.6 is 0 Å². The Morgan fingerprint density at radius 1 is 1.60 bits per heavy atom. The minimum atomic E-state index is -0.358. The van der Waals surface area contributed by atoms with E-state index in [0.717, 1.165) is 5.69 Å². The molecule has 0 saturated carbocycles. The van der Waals surface area contributed by atoms with Crippen LogP contribution in [0.1, 0.15) is 24.6 Å². The van der Waals surface area contributed by atoms with Gasteiger partial charge in [0, 0.05) is 19.2 Å². The van der Waals surface area contributed by atoms with E-state index in [2.05, 4.69) is 10.3 Å². The van der Waals surface area contributed by atoms with Crippen molar-refractivity contribution in [3.8, 4) is 0 Å². The highest BCUT2D eigenvalue weighted by molar-refractivity contribution is 5.99. The van der Waals surface area contributed by atoms with E-state index in [1.165, 1.54) is 0 Å². The molecule has 1 unspecified atom stereocenters. The third-order valence-corrected chi connectivity index (χ3v) is 2.50. The van der Waals surface area contributed by atoms with E-state index in [1.54, 1.807) is 17.1 Å². The lowest BCUT2D eigenvalue weighted by Crippen LogP contribution is -2.42. The summed E-state index contributed by atoms with van der Waals surface area (Å²) < 4.78 is 1.72.